The first-order valence-electron chi connectivity index (χ1n) is 6.86. The standard InChI is InChI=1S/C16H16F2N2O2/c1-9(11-3-5-12(6-4-11)16(17)18)7-14(21)13-8-15(22)20-10(2)19-13/h3-6,8-9,16H,7H2,1-2H3,(H,19,20,22)/t9-/m0/s1. The fourth-order valence-corrected chi connectivity index (χ4v) is 2.19. The van der Waals surface area contributed by atoms with Crippen LogP contribution in [0.1, 0.15) is 53.1 Å². The van der Waals surface area contributed by atoms with E-state index < -0.39 is 6.43 Å². The summed E-state index contributed by atoms with van der Waals surface area (Å²) in [6.07, 6.45) is -2.35. The van der Waals surface area contributed by atoms with Crippen LogP contribution in [0.4, 0.5) is 8.78 Å². The van der Waals surface area contributed by atoms with E-state index in [9.17, 15) is 18.4 Å². The van der Waals surface area contributed by atoms with Crippen LogP contribution in [0, 0.1) is 6.92 Å². The highest BCUT2D eigenvalue weighted by atomic mass is 19.3. The first-order chi connectivity index (χ1) is 10.4. The Morgan fingerprint density at radius 3 is 2.36 bits per heavy atom. The SMILES string of the molecule is Cc1nc(C(=O)C[C@H](C)c2ccc(C(F)F)cc2)cc(=O)[nH]1. The van der Waals surface area contributed by atoms with Crippen LogP contribution < -0.4 is 5.56 Å². The summed E-state index contributed by atoms with van der Waals surface area (Å²) in [6.45, 7) is 3.43. The van der Waals surface area contributed by atoms with Gasteiger partial charge in [-0.25, -0.2) is 13.8 Å². The molecule has 2 aromatic rings. The van der Waals surface area contributed by atoms with Crippen molar-refractivity contribution in [1.29, 1.82) is 0 Å². The van der Waals surface area contributed by atoms with Gasteiger partial charge in [-0.15, -0.1) is 0 Å². The molecule has 0 bridgehead atoms. The highest BCUT2D eigenvalue weighted by molar-refractivity contribution is 5.94. The van der Waals surface area contributed by atoms with E-state index in [2.05, 4.69) is 9.97 Å². The smallest absolute Gasteiger partial charge is 0.263 e. The molecule has 0 unspecified atom stereocenters. The summed E-state index contributed by atoms with van der Waals surface area (Å²) in [5, 5.41) is 0. The minimum Gasteiger partial charge on any atom is -0.311 e. The van der Waals surface area contributed by atoms with Crippen LogP contribution in [0.25, 0.3) is 0 Å². The Balaban J connectivity index is 2.12. The summed E-state index contributed by atoms with van der Waals surface area (Å²) in [6, 6.07) is 7.07. The van der Waals surface area contributed by atoms with Gasteiger partial charge in [0.05, 0.1) is 0 Å². The van der Waals surface area contributed by atoms with Crippen molar-refractivity contribution in [3.8, 4) is 0 Å². The number of rotatable bonds is 5. The van der Waals surface area contributed by atoms with Gasteiger partial charge in [-0.1, -0.05) is 31.2 Å². The van der Waals surface area contributed by atoms with Gasteiger partial charge < -0.3 is 4.98 Å². The molecule has 0 aliphatic carbocycles. The predicted molar refractivity (Wildman–Crippen MR) is 78.4 cm³/mol. The van der Waals surface area contributed by atoms with Gasteiger partial charge in [0.2, 0.25) is 0 Å². The molecule has 116 valence electrons. The van der Waals surface area contributed by atoms with Crippen molar-refractivity contribution in [2.24, 2.45) is 0 Å². The molecule has 2 rings (SSSR count). The lowest BCUT2D eigenvalue weighted by Gasteiger charge is -2.11. The zero-order chi connectivity index (χ0) is 16.3. The molecule has 6 heteroatoms. The molecule has 1 aromatic carbocycles. The maximum absolute atomic E-state index is 12.5. The normalized spacial score (nSPS) is 12.4. The second-order valence-electron chi connectivity index (χ2n) is 5.21. The maximum Gasteiger partial charge on any atom is 0.263 e. The third-order valence-electron chi connectivity index (χ3n) is 3.39. The van der Waals surface area contributed by atoms with E-state index in [1.165, 1.54) is 18.2 Å². The van der Waals surface area contributed by atoms with Crippen molar-refractivity contribution >= 4 is 5.78 Å². The molecule has 0 aliphatic rings. The molecule has 22 heavy (non-hydrogen) atoms. The third kappa shape index (κ3) is 3.84. The molecular weight excluding hydrogens is 290 g/mol. The molecule has 1 heterocycles. The minimum absolute atomic E-state index is 0.0471. The first kappa shape index (κ1) is 16.0. The van der Waals surface area contributed by atoms with Crippen LogP contribution in [0.5, 0.6) is 0 Å². The van der Waals surface area contributed by atoms with E-state index in [0.29, 0.717) is 5.82 Å². The average Bonchev–Trinajstić information content (AvgIpc) is 2.46. The number of hydrogen-bond donors (Lipinski definition) is 1. The number of aryl methyl sites for hydroxylation is 1. The van der Waals surface area contributed by atoms with E-state index in [0.717, 1.165) is 5.56 Å². The van der Waals surface area contributed by atoms with Gasteiger partial charge in [0.15, 0.2) is 5.78 Å². The number of nitrogens with one attached hydrogen (secondary N) is 1. The Bertz CT molecular complexity index is 724. The highest BCUT2D eigenvalue weighted by Gasteiger charge is 2.16. The summed E-state index contributed by atoms with van der Waals surface area (Å²) in [5.74, 6) is -0.0231. The second kappa shape index (κ2) is 6.60. The van der Waals surface area contributed by atoms with Crippen molar-refractivity contribution < 1.29 is 13.6 Å². The van der Waals surface area contributed by atoms with Gasteiger partial charge in [-0.05, 0) is 18.4 Å². The minimum atomic E-state index is -2.51. The number of aromatic nitrogens is 2. The molecule has 0 saturated carbocycles. The number of Topliss-reactive ketones (excluding diaryl/α,β-unsaturated/α-hetero) is 1. The van der Waals surface area contributed by atoms with Gasteiger partial charge in [-0.3, -0.25) is 9.59 Å². The fraction of sp³-hybridized carbons (Fsp3) is 0.312. The number of alkyl halides is 2. The lowest BCUT2D eigenvalue weighted by molar-refractivity contribution is 0.0970. The summed E-state index contributed by atoms with van der Waals surface area (Å²) in [4.78, 5) is 30.0. The maximum atomic E-state index is 12.5. The van der Waals surface area contributed by atoms with Crippen molar-refractivity contribution in [2.45, 2.75) is 32.6 Å². The van der Waals surface area contributed by atoms with Crippen molar-refractivity contribution in [3.05, 3.63) is 63.3 Å². The van der Waals surface area contributed by atoms with E-state index in [4.69, 9.17) is 0 Å². The molecule has 0 saturated heterocycles. The molecule has 0 spiro atoms. The Kier molecular flexibility index (Phi) is 4.80. The van der Waals surface area contributed by atoms with Crippen LogP contribution in [0.2, 0.25) is 0 Å². The van der Waals surface area contributed by atoms with Crippen molar-refractivity contribution in [1.82, 2.24) is 9.97 Å². The number of H-pyrrole nitrogens is 1. The Hall–Kier alpha value is -2.37. The number of nitrogens with zero attached hydrogens (tertiary/aromatic N) is 1. The molecule has 0 fully saturated rings. The molecule has 4 nitrogen and oxygen atoms in total. The number of aromatic amines is 1. The lowest BCUT2D eigenvalue weighted by Crippen LogP contribution is -2.15. The summed E-state index contributed by atoms with van der Waals surface area (Å²) < 4.78 is 25.0. The predicted octanol–water partition coefficient (Wildman–Crippen LogP) is 3.39. The Morgan fingerprint density at radius 1 is 1.23 bits per heavy atom. The summed E-state index contributed by atoms with van der Waals surface area (Å²) in [5.41, 5.74) is 0.496. The number of carbonyl (C=O) groups is 1. The molecule has 1 atom stereocenters. The van der Waals surface area contributed by atoms with Crippen LogP contribution >= 0.6 is 0 Å². The monoisotopic (exact) mass is 306 g/mol. The molecule has 0 radical (unpaired) electrons. The molecule has 0 aliphatic heterocycles. The zero-order valence-corrected chi connectivity index (χ0v) is 12.3. The van der Waals surface area contributed by atoms with Crippen molar-refractivity contribution in [2.75, 3.05) is 0 Å². The van der Waals surface area contributed by atoms with Gasteiger partial charge in [0.25, 0.3) is 12.0 Å². The number of hydrogen-bond acceptors (Lipinski definition) is 3. The van der Waals surface area contributed by atoms with Gasteiger partial charge in [0.1, 0.15) is 11.5 Å². The second-order valence-corrected chi connectivity index (χ2v) is 5.21. The largest absolute Gasteiger partial charge is 0.311 e. The first-order valence-corrected chi connectivity index (χ1v) is 6.86. The van der Waals surface area contributed by atoms with E-state index in [1.54, 1.807) is 19.1 Å². The number of benzene rings is 1. The lowest BCUT2D eigenvalue weighted by atomic mass is 9.94. The van der Waals surface area contributed by atoms with Crippen LogP contribution in [0.3, 0.4) is 0 Å². The van der Waals surface area contributed by atoms with Gasteiger partial charge in [-0.2, -0.15) is 0 Å². The van der Waals surface area contributed by atoms with E-state index in [-0.39, 0.29) is 34.9 Å². The van der Waals surface area contributed by atoms with Crippen molar-refractivity contribution in [3.63, 3.8) is 0 Å². The molecule has 0 amide bonds. The van der Waals surface area contributed by atoms with E-state index in [1.807, 2.05) is 6.92 Å². The number of carbonyl (C=O) groups excluding carboxylic acids is 1. The molecule has 1 aromatic heterocycles. The van der Waals surface area contributed by atoms with Crippen LogP contribution in [0.15, 0.2) is 35.1 Å². The van der Waals surface area contributed by atoms with Crippen LogP contribution in [-0.2, 0) is 0 Å². The quantitative estimate of drug-likeness (QED) is 0.861. The zero-order valence-electron chi connectivity index (χ0n) is 12.3. The van der Waals surface area contributed by atoms with E-state index >= 15 is 0 Å². The molecule has 1 N–H and O–H groups in total. The third-order valence-corrected chi connectivity index (χ3v) is 3.39. The Morgan fingerprint density at radius 2 is 1.82 bits per heavy atom. The summed E-state index contributed by atoms with van der Waals surface area (Å²) >= 11 is 0. The van der Waals surface area contributed by atoms with Crippen LogP contribution in [-0.4, -0.2) is 15.8 Å². The number of ketones is 1. The topological polar surface area (TPSA) is 62.8 Å². The highest BCUT2D eigenvalue weighted by Crippen LogP contribution is 2.24. The fourth-order valence-electron chi connectivity index (χ4n) is 2.19. The van der Waals surface area contributed by atoms with Gasteiger partial charge in [0, 0.05) is 18.1 Å². The Labute approximate surface area is 126 Å². The molecular formula is C16H16F2N2O2. The summed E-state index contributed by atoms with van der Waals surface area (Å²) in [7, 11) is 0. The van der Waals surface area contributed by atoms with Gasteiger partial charge >= 0.3 is 0 Å². The average molecular weight is 306 g/mol. The number of halogens is 2.